The molecule has 0 spiro atoms. The van der Waals surface area contributed by atoms with Crippen LogP contribution in [0.1, 0.15) is 25.1 Å². The van der Waals surface area contributed by atoms with Crippen molar-refractivity contribution in [2.45, 2.75) is 37.1 Å². The second-order valence-corrected chi connectivity index (χ2v) is 8.19. The van der Waals surface area contributed by atoms with Crippen LogP contribution in [0.15, 0.2) is 23.2 Å². The van der Waals surface area contributed by atoms with Crippen molar-refractivity contribution < 1.29 is 26.3 Å². The summed E-state index contributed by atoms with van der Waals surface area (Å²) >= 11 is 0. The summed E-state index contributed by atoms with van der Waals surface area (Å²) in [6.07, 6.45) is -4.53. The standard InChI is InChI=1S/C16H17F3N6O3S/c1-9-7-24(8-10(2)28-9)15-12(5-20)14(16(17,18)19)23-25(15)13-4-3-11(6-22-13)29(21,26)27/h3-4,6,9-10H,7-8H2,1-2H3,(H2,21,26,27)/t9-,10+. The number of ether oxygens (including phenoxy) is 1. The van der Waals surface area contributed by atoms with Crippen LogP contribution in [0.4, 0.5) is 19.0 Å². The number of alkyl halides is 3. The molecule has 0 aromatic carbocycles. The highest BCUT2D eigenvalue weighted by molar-refractivity contribution is 7.89. The number of primary sulfonamides is 1. The van der Waals surface area contributed by atoms with Crippen molar-refractivity contribution in [3.05, 3.63) is 29.6 Å². The lowest BCUT2D eigenvalue weighted by atomic mass is 10.2. The lowest BCUT2D eigenvalue weighted by Crippen LogP contribution is -2.46. The fraction of sp³-hybridized carbons (Fsp3) is 0.438. The normalized spacial score (nSPS) is 20.5. The zero-order chi connectivity index (χ0) is 21.6. The number of sulfonamides is 1. The van der Waals surface area contributed by atoms with Gasteiger partial charge in [-0.05, 0) is 26.0 Å². The third-order valence-electron chi connectivity index (χ3n) is 4.23. The molecule has 3 heterocycles. The van der Waals surface area contributed by atoms with E-state index in [0.29, 0.717) is 0 Å². The highest BCUT2D eigenvalue weighted by Gasteiger charge is 2.42. The van der Waals surface area contributed by atoms with Crippen molar-refractivity contribution in [1.82, 2.24) is 14.8 Å². The van der Waals surface area contributed by atoms with Crippen molar-refractivity contribution in [2.24, 2.45) is 5.14 Å². The molecule has 2 aromatic heterocycles. The molecule has 1 aliphatic rings. The second-order valence-electron chi connectivity index (χ2n) is 6.63. The van der Waals surface area contributed by atoms with E-state index in [1.165, 1.54) is 6.07 Å². The van der Waals surface area contributed by atoms with E-state index in [0.717, 1.165) is 16.9 Å². The SMILES string of the molecule is C[C@@H]1CN(c2c(C#N)c(C(F)(F)F)nn2-c2ccc(S(N)(=O)=O)cn2)C[C@H](C)O1. The first kappa shape index (κ1) is 21.0. The van der Waals surface area contributed by atoms with Crippen LogP contribution in [0.3, 0.4) is 0 Å². The quantitative estimate of drug-likeness (QED) is 0.780. The molecular formula is C16H17F3N6O3S. The molecule has 2 aromatic rings. The third-order valence-corrected chi connectivity index (χ3v) is 5.13. The maximum Gasteiger partial charge on any atom is 0.436 e. The minimum Gasteiger partial charge on any atom is -0.372 e. The number of nitriles is 1. The van der Waals surface area contributed by atoms with Gasteiger partial charge in [-0.2, -0.15) is 28.2 Å². The lowest BCUT2D eigenvalue weighted by Gasteiger charge is -2.36. The summed E-state index contributed by atoms with van der Waals surface area (Å²) in [7, 11) is -4.03. The van der Waals surface area contributed by atoms with Gasteiger partial charge in [0.05, 0.1) is 12.2 Å². The molecule has 2 N–H and O–H groups in total. The minimum atomic E-state index is -4.87. The number of hydrogen-bond donors (Lipinski definition) is 1. The molecule has 2 atom stereocenters. The molecule has 3 rings (SSSR count). The van der Waals surface area contributed by atoms with Gasteiger partial charge in [-0.25, -0.2) is 18.5 Å². The van der Waals surface area contributed by atoms with E-state index in [1.807, 2.05) is 0 Å². The maximum atomic E-state index is 13.5. The molecule has 9 nitrogen and oxygen atoms in total. The number of halogens is 3. The molecule has 29 heavy (non-hydrogen) atoms. The minimum absolute atomic E-state index is 0.0855. The van der Waals surface area contributed by atoms with Crippen LogP contribution in [-0.4, -0.2) is 48.5 Å². The van der Waals surface area contributed by atoms with E-state index < -0.39 is 27.5 Å². The summed E-state index contributed by atoms with van der Waals surface area (Å²) in [5, 5.41) is 18.1. The Morgan fingerprint density at radius 3 is 2.34 bits per heavy atom. The van der Waals surface area contributed by atoms with Gasteiger partial charge in [0.15, 0.2) is 17.3 Å². The number of nitrogens with zero attached hydrogens (tertiary/aromatic N) is 5. The fourth-order valence-electron chi connectivity index (χ4n) is 3.18. The van der Waals surface area contributed by atoms with E-state index >= 15 is 0 Å². The first-order valence-electron chi connectivity index (χ1n) is 8.41. The number of nitrogens with two attached hydrogens (primary N) is 1. The first-order chi connectivity index (χ1) is 13.4. The van der Waals surface area contributed by atoms with Crippen molar-refractivity contribution in [1.29, 1.82) is 5.26 Å². The smallest absolute Gasteiger partial charge is 0.372 e. The zero-order valence-corrected chi connectivity index (χ0v) is 16.2. The van der Waals surface area contributed by atoms with Gasteiger partial charge >= 0.3 is 6.18 Å². The van der Waals surface area contributed by atoms with Gasteiger partial charge in [0.25, 0.3) is 0 Å². The van der Waals surface area contributed by atoms with E-state index in [2.05, 4.69) is 10.1 Å². The first-order valence-corrected chi connectivity index (χ1v) is 9.96. The average molecular weight is 430 g/mol. The van der Waals surface area contributed by atoms with E-state index in [1.54, 1.807) is 24.8 Å². The number of rotatable bonds is 3. The molecule has 0 saturated carbocycles. The van der Waals surface area contributed by atoms with Crippen LogP contribution < -0.4 is 10.0 Å². The Hall–Kier alpha value is -2.69. The van der Waals surface area contributed by atoms with Crippen molar-refractivity contribution in [2.75, 3.05) is 18.0 Å². The summed E-state index contributed by atoms with van der Waals surface area (Å²) in [6.45, 7) is 3.99. The maximum absolute atomic E-state index is 13.5. The van der Waals surface area contributed by atoms with Crippen LogP contribution in [0.5, 0.6) is 0 Å². The Balaban J connectivity index is 2.20. The predicted octanol–water partition coefficient (Wildman–Crippen LogP) is 1.42. The number of morpholine rings is 1. The van der Waals surface area contributed by atoms with Gasteiger partial charge in [0, 0.05) is 19.3 Å². The molecule has 156 valence electrons. The van der Waals surface area contributed by atoms with Crippen LogP contribution in [-0.2, 0) is 20.9 Å². The second kappa shape index (κ2) is 7.29. The Labute approximate surface area is 164 Å². The van der Waals surface area contributed by atoms with Gasteiger partial charge in [-0.1, -0.05) is 0 Å². The van der Waals surface area contributed by atoms with Crippen molar-refractivity contribution in [3.63, 3.8) is 0 Å². The average Bonchev–Trinajstić information content (AvgIpc) is 3.00. The lowest BCUT2D eigenvalue weighted by molar-refractivity contribution is -0.141. The van der Waals surface area contributed by atoms with Gasteiger partial charge in [0.2, 0.25) is 10.0 Å². The Bertz CT molecular complexity index is 1050. The molecule has 13 heteroatoms. The molecule has 0 aliphatic carbocycles. The van der Waals surface area contributed by atoms with Crippen LogP contribution in [0.2, 0.25) is 0 Å². The topological polar surface area (TPSA) is 127 Å². The summed E-state index contributed by atoms with van der Waals surface area (Å²) in [5.74, 6) is -0.177. The van der Waals surface area contributed by atoms with Gasteiger partial charge in [-0.3, -0.25) is 0 Å². The number of pyridine rings is 1. The van der Waals surface area contributed by atoms with E-state index in [9.17, 15) is 26.9 Å². The molecule has 1 aliphatic heterocycles. The summed E-state index contributed by atoms with van der Waals surface area (Å²) in [6, 6.07) is 3.87. The van der Waals surface area contributed by atoms with Crippen LogP contribution in [0, 0.1) is 11.3 Å². The van der Waals surface area contributed by atoms with Gasteiger partial charge in [0.1, 0.15) is 16.5 Å². The molecule has 1 saturated heterocycles. The summed E-state index contributed by atoms with van der Waals surface area (Å²) < 4.78 is 69.8. The van der Waals surface area contributed by atoms with E-state index in [-0.39, 0.29) is 41.8 Å². The number of hydrogen-bond acceptors (Lipinski definition) is 7. The van der Waals surface area contributed by atoms with Crippen LogP contribution >= 0.6 is 0 Å². The van der Waals surface area contributed by atoms with Crippen molar-refractivity contribution >= 4 is 15.8 Å². The Kier molecular flexibility index (Phi) is 5.28. The molecule has 0 bridgehead atoms. The Morgan fingerprint density at radius 1 is 1.28 bits per heavy atom. The highest BCUT2D eigenvalue weighted by atomic mass is 32.2. The highest BCUT2D eigenvalue weighted by Crippen LogP contribution is 2.37. The number of anilines is 1. The largest absolute Gasteiger partial charge is 0.436 e. The predicted molar refractivity (Wildman–Crippen MR) is 94.7 cm³/mol. The van der Waals surface area contributed by atoms with Crippen molar-refractivity contribution in [3.8, 4) is 11.9 Å². The zero-order valence-electron chi connectivity index (χ0n) is 15.4. The molecule has 1 fully saturated rings. The van der Waals surface area contributed by atoms with E-state index in [4.69, 9.17) is 9.88 Å². The summed E-state index contributed by atoms with van der Waals surface area (Å²) in [5.41, 5.74) is -1.99. The summed E-state index contributed by atoms with van der Waals surface area (Å²) in [4.78, 5) is 5.16. The molecule has 0 amide bonds. The van der Waals surface area contributed by atoms with Gasteiger partial charge in [-0.15, -0.1) is 0 Å². The monoisotopic (exact) mass is 430 g/mol. The van der Waals surface area contributed by atoms with Crippen LogP contribution in [0.25, 0.3) is 5.82 Å². The third kappa shape index (κ3) is 4.19. The molecule has 0 radical (unpaired) electrons. The molecular weight excluding hydrogens is 413 g/mol. The fourth-order valence-corrected chi connectivity index (χ4v) is 3.64. The Morgan fingerprint density at radius 2 is 1.90 bits per heavy atom. The van der Waals surface area contributed by atoms with Gasteiger partial charge < -0.3 is 9.64 Å². The molecule has 0 unspecified atom stereocenters. The number of aromatic nitrogens is 3.